The Labute approximate surface area is 164 Å². The normalized spacial score (nSPS) is 11.1. The fourth-order valence-corrected chi connectivity index (χ4v) is 3.24. The van der Waals surface area contributed by atoms with E-state index >= 15 is 0 Å². The van der Waals surface area contributed by atoms with Gasteiger partial charge in [-0.3, -0.25) is 19.2 Å². The van der Waals surface area contributed by atoms with Crippen LogP contribution in [0.1, 0.15) is 22.8 Å². The molecule has 0 aliphatic heterocycles. The van der Waals surface area contributed by atoms with Crippen molar-refractivity contribution < 1.29 is 13.9 Å². The lowest BCUT2D eigenvalue weighted by Gasteiger charge is -2.15. The first-order valence-corrected chi connectivity index (χ1v) is 8.97. The number of halogens is 1. The summed E-state index contributed by atoms with van der Waals surface area (Å²) >= 11 is 0. The molecule has 1 aromatic carbocycles. The van der Waals surface area contributed by atoms with Crippen molar-refractivity contribution in [1.82, 2.24) is 14.0 Å². The van der Waals surface area contributed by atoms with Gasteiger partial charge >= 0.3 is 5.97 Å². The highest BCUT2D eigenvalue weighted by atomic mass is 19.1. The third-order valence-electron chi connectivity index (χ3n) is 4.62. The summed E-state index contributed by atoms with van der Waals surface area (Å²) in [6.07, 6.45) is 1.60. The Morgan fingerprint density at radius 1 is 1.21 bits per heavy atom. The third kappa shape index (κ3) is 2.98. The fourth-order valence-electron chi connectivity index (χ4n) is 3.24. The average Bonchev–Trinajstić information content (AvgIpc) is 2.70. The predicted molar refractivity (Wildman–Crippen MR) is 105 cm³/mol. The molecule has 4 rings (SSSR count). The number of hydrogen-bond acceptors (Lipinski definition) is 5. The maximum absolute atomic E-state index is 13.5. The van der Waals surface area contributed by atoms with E-state index < -0.39 is 11.8 Å². The molecule has 0 bridgehead atoms. The molecule has 1 N–H and O–H groups in total. The van der Waals surface area contributed by atoms with Gasteiger partial charge in [0.1, 0.15) is 22.5 Å². The van der Waals surface area contributed by atoms with Gasteiger partial charge in [0.15, 0.2) is 5.65 Å². The molecule has 146 valence electrons. The topological polar surface area (TPSA) is 89.4 Å². The van der Waals surface area contributed by atoms with E-state index in [1.807, 2.05) is 13.0 Å². The van der Waals surface area contributed by atoms with Gasteiger partial charge in [-0.1, -0.05) is 6.07 Å². The molecule has 0 aliphatic carbocycles. The summed E-state index contributed by atoms with van der Waals surface area (Å²) in [7, 11) is 0. The number of benzene rings is 1. The van der Waals surface area contributed by atoms with Crippen LogP contribution in [-0.4, -0.2) is 26.5 Å². The molecule has 0 fully saturated rings. The van der Waals surface area contributed by atoms with Crippen LogP contribution in [0, 0.1) is 18.2 Å². The van der Waals surface area contributed by atoms with Gasteiger partial charge in [0.05, 0.1) is 12.0 Å². The maximum Gasteiger partial charge on any atom is 0.341 e. The molecule has 0 saturated heterocycles. The molecule has 8 heteroatoms. The van der Waals surface area contributed by atoms with Crippen LogP contribution in [0.15, 0.2) is 53.5 Å². The summed E-state index contributed by atoms with van der Waals surface area (Å²) in [6.45, 7) is 3.61. The summed E-state index contributed by atoms with van der Waals surface area (Å²) in [5.41, 5.74) is 1.16. The number of hydrogen-bond donors (Lipinski definition) is 1. The lowest BCUT2D eigenvalue weighted by Crippen LogP contribution is -2.30. The van der Waals surface area contributed by atoms with E-state index in [9.17, 15) is 14.0 Å². The molecule has 0 aliphatic rings. The number of pyridine rings is 2. The summed E-state index contributed by atoms with van der Waals surface area (Å²) < 4.78 is 21.3. The molecule has 0 unspecified atom stereocenters. The molecule has 0 amide bonds. The first kappa shape index (κ1) is 18.5. The van der Waals surface area contributed by atoms with Gasteiger partial charge < -0.3 is 4.74 Å². The number of nitrogens with one attached hydrogen (secondary N) is 1. The highest BCUT2D eigenvalue weighted by Gasteiger charge is 2.19. The van der Waals surface area contributed by atoms with E-state index in [1.54, 1.807) is 19.2 Å². The SMILES string of the molecule is CCOC(=O)c1cc2c(=O)n3cccc(C)c3nc2n(-c2ccc(F)cc2)c1=N. The number of ether oxygens (including phenoxy) is 1. The van der Waals surface area contributed by atoms with Crippen molar-refractivity contribution in [3.63, 3.8) is 0 Å². The number of carbonyl (C=O) groups is 1. The van der Waals surface area contributed by atoms with Crippen LogP contribution in [0.2, 0.25) is 0 Å². The number of nitrogens with zero attached hydrogens (tertiary/aromatic N) is 3. The van der Waals surface area contributed by atoms with Gasteiger partial charge in [-0.05, 0) is 55.8 Å². The smallest absolute Gasteiger partial charge is 0.341 e. The predicted octanol–water partition coefficient (Wildman–Crippen LogP) is 2.74. The van der Waals surface area contributed by atoms with Crippen molar-refractivity contribution in [2.75, 3.05) is 6.61 Å². The second-order valence-electron chi connectivity index (χ2n) is 6.48. The van der Waals surface area contributed by atoms with Crippen LogP contribution in [0.4, 0.5) is 4.39 Å². The zero-order valence-electron chi connectivity index (χ0n) is 15.8. The third-order valence-corrected chi connectivity index (χ3v) is 4.62. The zero-order valence-corrected chi connectivity index (χ0v) is 15.8. The van der Waals surface area contributed by atoms with E-state index in [0.717, 1.165) is 5.56 Å². The highest BCUT2D eigenvalue weighted by molar-refractivity contribution is 5.93. The fraction of sp³-hybridized carbons (Fsp3) is 0.143. The lowest BCUT2D eigenvalue weighted by atomic mass is 10.2. The second-order valence-corrected chi connectivity index (χ2v) is 6.48. The summed E-state index contributed by atoms with van der Waals surface area (Å²) in [6, 6.07) is 10.3. The molecule has 3 heterocycles. The van der Waals surface area contributed by atoms with Crippen molar-refractivity contribution in [3.05, 3.63) is 81.4 Å². The zero-order chi connectivity index (χ0) is 20.7. The van der Waals surface area contributed by atoms with Crippen LogP contribution in [0.3, 0.4) is 0 Å². The highest BCUT2D eigenvalue weighted by Crippen LogP contribution is 2.17. The molecule has 29 heavy (non-hydrogen) atoms. The molecule has 3 aromatic heterocycles. The second kappa shape index (κ2) is 6.97. The van der Waals surface area contributed by atoms with E-state index in [1.165, 1.54) is 39.3 Å². The molecule has 7 nitrogen and oxygen atoms in total. The number of esters is 1. The van der Waals surface area contributed by atoms with E-state index in [2.05, 4.69) is 4.98 Å². The van der Waals surface area contributed by atoms with Crippen molar-refractivity contribution in [3.8, 4) is 5.69 Å². The number of fused-ring (bicyclic) bond motifs is 2. The van der Waals surface area contributed by atoms with Crippen molar-refractivity contribution >= 4 is 22.6 Å². The van der Waals surface area contributed by atoms with Gasteiger partial charge in [0.25, 0.3) is 5.56 Å². The minimum Gasteiger partial charge on any atom is -0.462 e. The van der Waals surface area contributed by atoms with Gasteiger partial charge in [0, 0.05) is 11.9 Å². The van der Waals surface area contributed by atoms with Crippen LogP contribution >= 0.6 is 0 Å². The number of aryl methyl sites for hydroxylation is 1. The quantitative estimate of drug-likeness (QED) is 0.429. The summed E-state index contributed by atoms with van der Waals surface area (Å²) in [5.74, 6) is -1.16. The first-order chi connectivity index (χ1) is 13.9. The minimum atomic E-state index is -0.719. The Morgan fingerprint density at radius 3 is 2.62 bits per heavy atom. The van der Waals surface area contributed by atoms with E-state index in [-0.39, 0.29) is 34.3 Å². The van der Waals surface area contributed by atoms with Crippen molar-refractivity contribution in [1.29, 1.82) is 5.41 Å². The van der Waals surface area contributed by atoms with Gasteiger partial charge in [-0.25, -0.2) is 14.2 Å². The van der Waals surface area contributed by atoms with Crippen LogP contribution in [-0.2, 0) is 4.74 Å². The number of rotatable bonds is 3. The minimum absolute atomic E-state index is 0.0739. The molecule has 0 spiro atoms. The van der Waals surface area contributed by atoms with Crippen LogP contribution in [0.25, 0.3) is 22.4 Å². The Kier molecular flexibility index (Phi) is 4.46. The summed E-state index contributed by atoms with van der Waals surface area (Å²) in [4.78, 5) is 30.2. The average molecular weight is 392 g/mol. The molecular weight excluding hydrogens is 375 g/mol. The van der Waals surface area contributed by atoms with Crippen LogP contribution < -0.4 is 11.0 Å². The Morgan fingerprint density at radius 2 is 1.93 bits per heavy atom. The Balaban J connectivity index is 2.21. The number of carbonyl (C=O) groups excluding carboxylic acids is 1. The standard InChI is InChI=1S/C21H17FN4O3/c1-3-29-21(28)15-11-16-19(24-18-12(2)5-4-10-25(18)20(16)27)26(17(15)23)14-8-6-13(22)7-9-14/h4-11,23H,3H2,1-2H3. The summed E-state index contributed by atoms with van der Waals surface area (Å²) in [5, 5.41) is 8.73. The van der Waals surface area contributed by atoms with E-state index in [4.69, 9.17) is 10.1 Å². The Hall–Kier alpha value is -3.81. The van der Waals surface area contributed by atoms with Gasteiger partial charge in [-0.15, -0.1) is 0 Å². The first-order valence-electron chi connectivity index (χ1n) is 8.97. The molecule has 0 atom stereocenters. The molecule has 0 saturated carbocycles. The molecular formula is C21H17FN4O3. The Bertz CT molecular complexity index is 1390. The van der Waals surface area contributed by atoms with Crippen molar-refractivity contribution in [2.24, 2.45) is 0 Å². The maximum atomic E-state index is 13.5. The van der Waals surface area contributed by atoms with Crippen LogP contribution in [0.5, 0.6) is 0 Å². The van der Waals surface area contributed by atoms with Gasteiger partial charge in [-0.2, -0.15) is 0 Å². The number of aromatic nitrogens is 3. The lowest BCUT2D eigenvalue weighted by molar-refractivity contribution is 0.0523. The molecule has 0 radical (unpaired) electrons. The van der Waals surface area contributed by atoms with Crippen molar-refractivity contribution in [2.45, 2.75) is 13.8 Å². The largest absolute Gasteiger partial charge is 0.462 e. The molecule has 4 aromatic rings. The monoisotopic (exact) mass is 392 g/mol. The van der Waals surface area contributed by atoms with Gasteiger partial charge in [0.2, 0.25) is 0 Å². The van der Waals surface area contributed by atoms with E-state index in [0.29, 0.717) is 11.3 Å².